The summed E-state index contributed by atoms with van der Waals surface area (Å²) >= 11 is 5.78. The molecule has 1 aromatic rings. The molecule has 0 saturated carbocycles. The Morgan fingerprint density at radius 1 is 1.47 bits per heavy atom. The van der Waals surface area contributed by atoms with Crippen LogP contribution in [0.2, 0.25) is 5.02 Å². The third kappa shape index (κ3) is 2.29. The van der Waals surface area contributed by atoms with Crippen LogP contribution in [0.3, 0.4) is 0 Å². The number of halogens is 1. The molecule has 1 aliphatic rings. The van der Waals surface area contributed by atoms with Crippen molar-refractivity contribution in [2.75, 3.05) is 6.54 Å². The maximum Gasteiger partial charge on any atom is 0.244 e. The van der Waals surface area contributed by atoms with Gasteiger partial charge in [0.05, 0.1) is 11.0 Å². The first-order valence-electron chi connectivity index (χ1n) is 5.23. The van der Waals surface area contributed by atoms with Crippen molar-refractivity contribution in [1.29, 1.82) is 5.26 Å². The molecule has 1 aliphatic heterocycles. The molecule has 0 radical (unpaired) electrons. The first-order chi connectivity index (χ1) is 8.05. The molecule has 90 valence electrons. The average Bonchev–Trinajstić information content (AvgIpc) is 2.77. The summed E-state index contributed by atoms with van der Waals surface area (Å²) in [6, 6.07) is 7.57. The van der Waals surface area contributed by atoms with Crippen molar-refractivity contribution in [3.63, 3.8) is 0 Å². The molecule has 1 unspecified atom stereocenters. The number of nitrogens with zero attached hydrogens (tertiary/aromatic N) is 2. The highest BCUT2D eigenvalue weighted by atomic mass is 35.5. The standard InChI is InChI=1S/C11H11ClN2O2S/c12-9-3-1-5-11(7-9)17(15,16)14-6-2-4-10(14)8-13/h1,3,5,7,10H,2,4,6H2. The van der Waals surface area contributed by atoms with Crippen molar-refractivity contribution in [3.05, 3.63) is 29.3 Å². The number of benzene rings is 1. The zero-order valence-electron chi connectivity index (χ0n) is 9.01. The largest absolute Gasteiger partial charge is 0.244 e. The van der Waals surface area contributed by atoms with Crippen molar-refractivity contribution >= 4 is 21.6 Å². The lowest BCUT2D eigenvalue weighted by Crippen LogP contribution is -2.34. The van der Waals surface area contributed by atoms with Crippen LogP contribution < -0.4 is 0 Å². The van der Waals surface area contributed by atoms with Gasteiger partial charge in [-0.2, -0.15) is 9.57 Å². The Balaban J connectivity index is 2.40. The summed E-state index contributed by atoms with van der Waals surface area (Å²) in [4.78, 5) is 0.146. The summed E-state index contributed by atoms with van der Waals surface area (Å²) in [6.07, 6.45) is 1.31. The minimum atomic E-state index is -3.60. The van der Waals surface area contributed by atoms with Gasteiger partial charge < -0.3 is 0 Å². The van der Waals surface area contributed by atoms with Gasteiger partial charge >= 0.3 is 0 Å². The highest BCUT2D eigenvalue weighted by Crippen LogP contribution is 2.26. The molecule has 1 fully saturated rings. The number of hydrogen-bond donors (Lipinski definition) is 0. The SMILES string of the molecule is N#CC1CCCN1S(=O)(=O)c1cccc(Cl)c1. The van der Waals surface area contributed by atoms with Gasteiger partial charge in [0.2, 0.25) is 10.0 Å². The third-order valence-electron chi connectivity index (χ3n) is 2.76. The highest BCUT2D eigenvalue weighted by molar-refractivity contribution is 7.89. The second kappa shape index (κ2) is 4.65. The van der Waals surface area contributed by atoms with Crippen LogP contribution in [-0.4, -0.2) is 25.3 Å². The van der Waals surface area contributed by atoms with Crippen molar-refractivity contribution in [3.8, 4) is 6.07 Å². The van der Waals surface area contributed by atoms with Crippen LogP contribution in [0.25, 0.3) is 0 Å². The van der Waals surface area contributed by atoms with Gasteiger partial charge in [0.1, 0.15) is 6.04 Å². The van der Waals surface area contributed by atoms with Gasteiger partial charge in [0, 0.05) is 11.6 Å². The molecule has 0 N–H and O–H groups in total. The monoisotopic (exact) mass is 270 g/mol. The fourth-order valence-corrected chi connectivity index (χ4v) is 3.83. The van der Waals surface area contributed by atoms with Crippen LogP contribution >= 0.6 is 11.6 Å². The molecule has 0 spiro atoms. The van der Waals surface area contributed by atoms with E-state index in [-0.39, 0.29) is 4.90 Å². The molecule has 1 aromatic carbocycles. The van der Waals surface area contributed by atoms with E-state index in [4.69, 9.17) is 16.9 Å². The molecule has 0 amide bonds. The normalized spacial score (nSPS) is 21.3. The average molecular weight is 271 g/mol. The minimum absolute atomic E-state index is 0.146. The van der Waals surface area contributed by atoms with E-state index >= 15 is 0 Å². The Bertz CT molecular complexity index is 565. The van der Waals surface area contributed by atoms with E-state index in [1.165, 1.54) is 16.4 Å². The lowest BCUT2D eigenvalue weighted by molar-refractivity contribution is 0.437. The molecule has 0 aromatic heterocycles. The summed E-state index contributed by atoms with van der Waals surface area (Å²) in [5.41, 5.74) is 0. The van der Waals surface area contributed by atoms with E-state index in [9.17, 15) is 8.42 Å². The molecule has 17 heavy (non-hydrogen) atoms. The second-order valence-corrected chi connectivity index (χ2v) is 6.19. The van der Waals surface area contributed by atoms with Crippen molar-refractivity contribution in [2.24, 2.45) is 0 Å². The first-order valence-corrected chi connectivity index (χ1v) is 7.04. The van der Waals surface area contributed by atoms with Crippen LogP contribution in [0.5, 0.6) is 0 Å². The van der Waals surface area contributed by atoms with Gasteiger partial charge in [-0.05, 0) is 31.0 Å². The van der Waals surface area contributed by atoms with Gasteiger partial charge in [0.25, 0.3) is 0 Å². The van der Waals surface area contributed by atoms with E-state index in [1.807, 2.05) is 6.07 Å². The lowest BCUT2D eigenvalue weighted by atomic mass is 10.2. The first kappa shape index (κ1) is 12.4. The van der Waals surface area contributed by atoms with E-state index < -0.39 is 16.1 Å². The molecule has 0 bridgehead atoms. The summed E-state index contributed by atoms with van der Waals surface area (Å²) in [5.74, 6) is 0. The van der Waals surface area contributed by atoms with Gasteiger partial charge in [-0.25, -0.2) is 8.42 Å². The van der Waals surface area contributed by atoms with Crippen LogP contribution in [0, 0.1) is 11.3 Å². The number of hydrogen-bond acceptors (Lipinski definition) is 3. The highest BCUT2D eigenvalue weighted by Gasteiger charge is 2.35. The summed E-state index contributed by atoms with van der Waals surface area (Å²) < 4.78 is 25.8. The maximum atomic E-state index is 12.3. The molecule has 4 nitrogen and oxygen atoms in total. The topological polar surface area (TPSA) is 61.2 Å². The number of nitriles is 1. The van der Waals surface area contributed by atoms with Gasteiger partial charge in [-0.3, -0.25) is 0 Å². The van der Waals surface area contributed by atoms with Gasteiger partial charge in [-0.1, -0.05) is 17.7 Å². The quantitative estimate of drug-likeness (QED) is 0.826. The predicted molar refractivity (Wildman–Crippen MR) is 64.0 cm³/mol. The fraction of sp³-hybridized carbons (Fsp3) is 0.364. The lowest BCUT2D eigenvalue weighted by Gasteiger charge is -2.19. The maximum absolute atomic E-state index is 12.3. The van der Waals surface area contributed by atoms with E-state index in [0.29, 0.717) is 18.0 Å². The zero-order valence-corrected chi connectivity index (χ0v) is 10.6. The summed E-state index contributed by atoms with van der Waals surface area (Å²) in [7, 11) is -3.60. The Labute approximate surface area is 105 Å². The molecular weight excluding hydrogens is 260 g/mol. The van der Waals surface area contributed by atoms with Crippen LogP contribution in [0.15, 0.2) is 29.2 Å². The van der Waals surface area contributed by atoms with Crippen molar-refractivity contribution in [1.82, 2.24) is 4.31 Å². The number of rotatable bonds is 2. The summed E-state index contributed by atoms with van der Waals surface area (Å²) in [5, 5.41) is 9.29. The predicted octanol–water partition coefficient (Wildman–Crippen LogP) is 2.02. The third-order valence-corrected chi connectivity index (χ3v) is 4.89. The van der Waals surface area contributed by atoms with Gasteiger partial charge in [-0.15, -0.1) is 0 Å². The number of sulfonamides is 1. The summed E-state index contributed by atoms with van der Waals surface area (Å²) in [6.45, 7) is 0.396. The van der Waals surface area contributed by atoms with E-state index in [0.717, 1.165) is 6.42 Å². The Morgan fingerprint density at radius 2 is 2.24 bits per heavy atom. The Hall–Kier alpha value is -1.09. The second-order valence-electron chi connectivity index (χ2n) is 3.86. The Kier molecular flexibility index (Phi) is 3.38. The molecule has 0 aliphatic carbocycles. The molecule has 2 rings (SSSR count). The Morgan fingerprint density at radius 3 is 2.88 bits per heavy atom. The molecule has 1 atom stereocenters. The van der Waals surface area contributed by atoms with Gasteiger partial charge in [0.15, 0.2) is 0 Å². The van der Waals surface area contributed by atoms with Crippen molar-refractivity contribution in [2.45, 2.75) is 23.8 Å². The van der Waals surface area contributed by atoms with Crippen LogP contribution in [-0.2, 0) is 10.0 Å². The fourth-order valence-electron chi connectivity index (χ4n) is 1.92. The van der Waals surface area contributed by atoms with E-state index in [1.54, 1.807) is 12.1 Å². The van der Waals surface area contributed by atoms with Crippen molar-refractivity contribution < 1.29 is 8.42 Å². The molecule has 1 heterocycles. The minimum Gasteiger partial charge on any atom is -0.207 e. The van der Waals surface area contributed by atoms with Crippen LogP contribution in [0.1, 0.15) is 12.8 Å². The zero-order chi connectivity index (χ0) is 12.5. The molecular formula is C11H11ClN2O2S. The van der Waals surface area contributed by atoms with E-state index in [2.05, 4.69) is 0 Å². The molecule has 6 heteroatoms. The molecule has 1 saturated heterocycles. The van der Waals surface area contributed by atoms with Crippen LogP contribution in [0.4, 0.5) is 0 Å². The smallest absolute Gasteiger partial charge is 0.207 e.